The molecule has 3 fully saturated rings. The van der Waals surface area contributed by atoms with Crippen LogP contribution in [0.15, 0.2) is 30.5 Å². The summed E-state index contributed by atoms with van der Waals surface area (Å²) >= 11 is 0. The standard InChI is InChI=1S/C26H31F6N5O2/c1-2-37-16-20(22(33-37)17-6-5-7-21(10-17)35-8-3-4-9-35)13-34-11-18-14-36(15-19(18)12-34)24(38)39-23(25(27,28)29)26(30,31)32/h5-7,10,16,18-19,23H,2-4,8-9,11-15H2,1H3. The Kier molecular flexibility index (Phi) is 7.47. The molecule has 214 valence electrons. The van der Waals surface area contributed by atoms with Crippen LogP contribution in [-0.4, -0.2) is 83.4 Å². The Morgan fingerprint density at radius 1 is 1.03 bits per heavy atom. The first-order chi connectivity index (χ1) is 18.4. The quantitative estimate of drug-likeness (QED) is 0.458. The zero-order valence-corrected chi connectivity index (χ0v) is 21.5. The summed E-state index contributed by atoms with van der Waals surface area (Å²) in [6.45, 7) is 6.65. The molecule has 13 heteroatoms. The number of fused-ring (bicyclic) bond motifs is 1. The highest BCUT2D eigenvalue weighted by atomic mass is 19.4. The van der Waals surface area contributed by atoms with E-state index in [1.54, 1.807) is 0 Å². The number of carbonyl (C=O) groups is 1. The van der Waals surface area contributed by atoms with Crippen LogP contribution in [0.5, 0.6) is 0 Å². The van der Waals surface area contributed by atoms with Gasteiger partial charge in [0.25, 0.3) is 6.10 Å². The molecule has 2 unspecified atom stereocenters. The number of hydrogen-bond acceptors (Lipinski definition) is 5. The van der Waals surface area contributed by atoms with Crippen LogP contribution in [0.4, 0.5) is 36.8 Å². The molecular weight excluding hydrogens is 528 g/mol. The predicted molar refractivity (Wildman–Crippen MR) is 131 cm³/mol. The summed E-state index contributed by atoms with van der Waals surface area (Å²) < 4.78 is 82.6. The highest BCUT2D eigenvalue weighted by Gasteiger charge is 2.60. The summed E-state index contributed by atoms with van der Waals surface area (Å²) in [6.07, 6.45) is -12.8. The Labute approximate surface area is 222 Å². The van der Waals surface area contributed by atoms with Crippen molar-refractivity contribution in [3.05, 3.63) is 36.0 Å². The number of nitrogens with zero attached hydrogens (tertiary/aromatic N) is 5. The van der Waals surface area contributed by atoms with E-state index >= 15 is 0 Å². The number of carbonyl (C=O) groups excluding carboxylic acids is 1. The Balaban J connectivity index is 1.23. The van der Waals surface area contributed by atoms with Gasteiger partial charge in [0.1, 0.15) is 0 Å². The summed E-state index contributed by atoms with van der Waals surface area (Å²) in [4.78, 5) is 17.7. The lowest BCUT2D eigenvalue weighted by molar-refractivity contribution is -0.308. The average molecular weight is 560 g/mol. The molecule has 4 heterocycles. The zero-order chi connectivity index (χ0) is 27.9. The number of amides is 1. The minimum atomic E-state index is -5.73. The molecule has 0 bridgehead atoms. The largest absolute Gasteiger partial charge is 0.434 e. The van der Waals surface area contributed by atoms with Gasteiger partial charge in [0.2, 0.25) is 0 Å². The van der Waals surface area contributed by atoms with Crippen molar-refractivity contribution in [2.75, 3.05) is 44.2 Å². The molecule has 3 aliphatic rings. The fourth-order valence-electron chi connectivity index (χ4n) is 5.91. The van der Waals surface area contributed by atoms with Gasteiger partial charge in [-0.15, -0.1) is 0 Å². The van der Waals surface area contributed by atoms with Crippen molar-refractivity contribution in [2.45, 2.75) is 51.3 Å². The molecule has 3 aliphatic heterocycles. The molecule has 5 rings (SSSR count). The highest BCUT2D eigenvalue weighted by molar-refractivity contribution is 5.69. The van der Waals surface area contributed by atoms with Crippen molar-refractivity contribution in [3.8, 4) is 11.3 Å². The fourth-order valence-corrected chi connectivity index (χ4v) is 5.91. The zero-order valence-electron chi connectivity index (χ0n) is 21.5. The van der Waals surface area contributed by atoms with Gasteiger partial charge in [-0.2, -0.15) is 31.4 Å². The van der Waals surface area contributed by atoms with Crippen LogP contribution >= 0.6 is 0 Å². The maximum absolute atomic E-state index is 12.8. The molecule has 2 atom stereocenters. The van der Waals surface area contributed by atoms with Crippen LogP contribution < -0.4 is 4.90 Å². The molecule has 0 radical (unpaired) electrons. The van der Waals surface area contributed by atoms with Gasteiger partial charge in [0, 0.05) is 75.4 Å². The minimum Gasteiger partial charge on any atom is -0.426 e. The first-order valence-corrected chi connectivity index (χ1v) is 13.2. The lowest BCUT2D eigenvalue weighted by Gasteiger charge is -2.26. The summed E-state index contributed by atoms with van der Waals surface area (Å²) in [6, 6.07) is 8.35. The smallest absolute Gasteiger partial charge is 0.426 e. The molecule has 2 aromatic rings. The van der Waals surface area contributed by atoms with Gasteiger partial charge in [-0.25, -0.2) is 4.79 Å². The Morgan fingerprint density at radius 2 is 1.67 bits per heavy atom. The topological polar surface area (TPSA) is 53.8 Å². The van der Waals surface area contributed by atoms with Crippen LogP contribution in [0, 0.1) is 11.8 Å². The van der Waals surface area contributed by atoms with Crippen LogP contribution in [0.1, 0.15) is 25.3 Å². The SMILES string of the molecule is CCn1cc(CN2CC3CN(C(=O)OC(C(F)(F)F)C(F)(F)F)CC3C2)c(-c2cccc(N3CCCC3)c2)n1. The van der Waals surface area contributed by atoms with Crippen LogP contribution in [0.3, 0.4) is 0 Å². The fraction of sp³-hybridized carbons (Fsp3) is 0.615. The lowest BCUT2D eigenvalue weighted by Crippen LogP contribution is -2.48. The van der Waals surface area contributed by atoms with E-state index in [0.717, 1.165) is 34.8 Å². The number of likely N-dealkylation sites (tertiary alicyclic amines) is 2. The van der Waals surface area contributed by atoms with E-state index in [9.17, 15) is 31.1 Å². The number of halogens is 6. The van der Waals surface area contributed by atoms with Crippen molar-refractivity contribution in [1.29, 1.82) is 0 Å². The normalized spacial score (nSPS) is 22.3. The third-order valence-corrected chi connectivity index (χ3v) is 7.78. The first kappa shape index (κ1) is 27.6. The second kappa shape index (κ2) is 10.5. The molecular formula is C26H31F6N5O2. The van der Waals surface area contributed by atoms with E-state index in [0.29, 0.717) is 26.2 Å². The molecule has 3 saturated heterocycles. The minimum absolute atomic E-state index is 0.0569. The van der Waals surface area contributed by atoms with Crippen molar-refractivity contribution < 1.29 is 35.9 Å². The highest BCUT2D eigenvalue weighted by Crippen LogP contribution is 2.38. The Bertz CT molecular complexity index is 1150. The number of aromatic nitrogens is 2. The van der Waals surface area contributed by atoms with Gasteiger partial charge < -0.3 is 14.5 Å². The molecule has 1 amide bonds. The van der Waals surface area contributed by atoms with Crippen molar-refractivity contribution >= 4 is 11.8 Å². The number of hydrogen-bond donors (Lipinski definition) is 0. The van der Waals surface area contributed by atoms with E-state index in [1.807, 2.05) is 29.9 Å². The van der Waals surface area contributed by atoms with Gasteiger partial charge in [0.15, 0.2) is 0 Å². The van der Waals surface area contributed by atoms with E-state index < -0.39 is 24.5 Å². The van der Waals surface area contributed by atoms with Crippen molar-refractivity contribution in [1.82, 2.24) is 19.6 Å². The van der Waals surface area contributed by atoms with E-state index in [2.05, 4.69) is 26.7 Å². The maximum atomic E-state index is 12.8. The second-order valence-electron chi connectivity index (χ2n) is 10.6. The Morgan fingerprint density at radius 3 is 2.26 bits per heavy atom. The summed E-state index contributed by atoms with van der Waals surface area (Å²) in [5.41, 5.74) is 4.14. The third-order valence-electron chi connectivity index (χ3n) is 7.78. The lowest BCUT2D eigenvalue weighted by atomic mass is 10.0. The summed E-state index contributed by atoms with van der Waals surface area (Å²) in [5.74, 6) is -0.119. The Hall–Kier alpha value is -2.96. The summed E-state index contributed by atoms with van der Waals surface area (Å²) in [5, 5.41) is 4.80. The second-order valence-corrected chi connectivity index (χ2v) is 10.6. The van der Waals surface area contributed by atoms with E-state index in [1.165, 1.54) is 18.5 Å². The summed E-state index contributed by atoms with van der Waals surface area (Å²) in [7, 11) is 0. The molecule has 1 aromatic heterocycles. The first-order valence-electron chi connectivity index (χ1n) is 13.2. The van der Waals surface area contributed by atoms with Crippen molar-refractivity contribution in [2.24, 2.45) is 11.8 Å². The average Bonchev–Trinajstić information content (AvgIpc) is 3.65. The van der Waals surface area contributed by atoms with Gasteiger partial charge >= 0.3 is 18.4 Å². The van der Waals surface area contributed by atoms with Gasteiger partial charge in [-0.3, -0.25) is 9.58 Å². The number of benzene rings is 1. The maximum Gasteiger partial charge on any atom is 0.434 e. The van der Waals surface area contributed by atoms with Crippen LogP contribution in [0.2, 0.25) is 0 Å². The number of ether oxygens (including phenoxy) is 1. The molecule has 39 heavy (non-hydrogen) atoms. The van der Waals surface area contributed by atoms with Crippen LogP contribution in [0.25, 0.3) is 11.3 Å². The number of rotatable bonds is 6. The van der Waals surface area contributed by atoms with Gasteiger partial charge in [-0.1, -0.05) is 12.1 Å². The molecule has 0 saturated carbocycles. The molecule has 1 aromatic carbocycles. The van der Waals surface area contributed by atoms with Gasteiger partial charge in [0.05, 0.1) is 5.69 Å². The third kappa shape index (κ3) is 5.97. The number of anilines is 1. The molecule has 0 spiro atoms. The molecule has 7 nitrogen and oxygen atoms in total. The van der Waals surface area contributed by atoms with E-state index in [4.69, 9.17) is 5.10 Å². The molecule has 0 aliphatic carbocycles. The van der Waals surface area contributed by atoms with E-state index in [-0.39, 0.29) is 24.9 Å². The van der Waals surface area contributed by atoms with Crippen molar-refractivity contribution in [3.63, 3.8) is 0 Å². The number of alkyl halides is 6. The van der Waals surface area contributed by atoms with Gasteiger partial charge in [-0.05, 0) is 43.7 Å². The monoisotopic (exact) mass is 559 g/mol. The molecule has 0 N–H and O–H groups in total. The predicted octanol–water partition coefficient (Wildman–Crippen LogP) is 5.16. The van der Waals surface area contributed by atoms with Crippen LogP contribution in [-0.2, 0) is 17.8 Å². The number of aryl methyl sites for hydroxylation is 1.